The molecule has 4 heterocycles. The lowest BCUT2D eigenvalue weighted by Crippen LogP contribution is -2.43. The van der Waals surface area contributed by atoms with Crippen LogP contribution in [-0.4, -0.2) is 40.1 Å². The summed E-state index contributed by atoms with van der Waals surface area (Å²) < 4.78 is 0. The number of H-pyrrole nitrogens is 1. The van der Waals surface area contributed by atoms with Crippen LogP contribution in [0.5, 0.6) is 0 Å². The monoisotopic (exact) mass is 295 g/mol. The Morgan fingerprint density at radius 1 is 1.14 bits per heavy atom. The van der Waals surface area contributed by atoms with Crippen molar-refractivity contribution in [2.75, 3.05) is 13.1 Å². The standard InChI is InChI=1S/C19H25N3/c1-2-17-21-11-6-5-9-16(21)19-18-14(10-12-22(17)19)13-7-3-4-8-15(13)20-18/h3-4,7-8,16-17,19-20H,2,5-6,9-12H2,1H3/t16-,17+,19+/m1/s1. The van der Waals surface area contributed by atoms with E-state index in [-0.39, 0.29) is 0 Å². The molecule has 116 valence electrons. The molecule has 2 aromatic rings. The molecule has 3 aliphatic rings. The van der Waals surface area contributed by atoms with Crippen LogP contribution >= 0.6 is 0 Å². The van der Waals surface area contributed by atoms with Crippen molar-refractivity contribution >= 4 is 10.9 Å². The Labute approximate surface area is 132 Å². The molecule has 3 heteroatoms. The zero-order valence-electron chi connectivity index (χ0n) is 13.4. The number of fused-ring (bicyclic) bond motifs is 7. The number of piperidine rings is 1. The Hall–Kier alpha value is -1.32. The summed E-state index contributed by atoms with van der Waals surface area (Å²) in [6.07, 6.45) is 7.27. The predicted molar refractivity (Wildman–Crippen MR) is 89.9 cm³/mol. The van der Waals surface area contributed by atoms with Gasteiger partial charge >= 0.3 is 0 Å². The smallest absolute Gasteiger partial charge is 0.0672 e. The molecule has 5 rings (SSSR count). The Balaban J connectivity index is 1.66. The van der Waals surface area contributed by atoms with Crippen LogP contribution in [0.2, 0.25) is 0 Å². The number of rotatable bonds is 1. The molecule has 3 nitrogen and oxygen atoms in total. The van der Waals surface area contributed by atoms with Crippen LogP contribution in [0, 0.1) is 0 Å². The van der Waals surface area contributed by atoms with Crippen molar-refractivity contribution in [2.45, 2.75) is 57.3 Å². The third-order valence-electron chi connectivity index (χ3n) is 6.21. The fourth-order valence-electron chi connectivity index (χ4n) is 5.38. The molecule has 2 fully saturated rings. The number of aromatic nitrogens is 1. The van der Waals surface area contributed by atoms with Crippen molar-refractivity contribution in [2.24, 2.45) is 0 Å². The van der Waals surface area contributed by atoms with Crippen LogP contribution < -0.4 is 0 Å². The number of nitrogens with one attached hydrogen (secondary N) is 1. The minimum atomic E-state index is 0.599. The van der Waals surface area contributed by atoms with E-state index >= 15 is 0 Å². The molecule has 0 radical (unpaired) electrons. The maximum Gasteiger partial charge on any atom is 0.0672 e. The highest BCUT2D eigenvalue weighted by Crippen LogP contribution is 2.47. The summed E-state index contributed by atoms with van der Waals surface area (Å²) in [5.41, 5.74) is 4.45. The number of hydrogen-bond acceptors (Lipinski definition) is 2. The molecular weight excluding hydrogens is 270 g/mol. The highest BCUT2D eigenvalue weighted by Gasteiger charge is 2.50. The van der Waals surface area contributed by atoms with E-state index in [1.165, 1.54) is 61.8 Å². The molecule has 22 heavy (non-hydrogen) atoms. The molecule has 0 unspecified atom stereocenters. The Morgan fingerprint density at radius 3 is 2.95 bits per heavy atom. The highest BCUT2D eigenvalue weighted by molar-refractivity contribution is 5.85. The summed E-state index contributed by atoms with van der Waals surface area (Å²) >= 11 is 0. The molecule has 0 bridgehead atoms. The summed E-state index contributed by atoms with van der Waals surface area (Å²) in [7, 11) is 0. The van der Waals surface area contributed by atoms with E-state index in [4.69, 9.17) is 0 Å². The largest absolute Gasteiger partial charge is 0.357 e. The molecule has 0 aliphatic carbocycles. The first-order valence-electron chi connectivity index (χ1n) is 8.99. The van der Waals surface area contributed by atoms with Crippen LogP contribution in [0.4, 0.5) is 0 Å². The Morgan fingerprint density at radius 2 is 2.05 bits per heavy atom. The zero-order valence-corrected chi connectivity index (χ0v) is 13.4. The van der Waals surface area contributed by atoms with Gasteiger partial charge in [0, 0.05) is 35.7 Å². The van der Waals surface area contributed by atoms with Gasteiger partial charge in [-0.2, -0.15) is 0 Å². The van der Waals surface area contributed by atoms with Gasteiger partial charge in [0.15, 0.2) is 0 Å². The van der Waals surface area contributed by atoms with Crippen molar-refractivity contribution in [1.29, 1.82) is 0 Å². The molecule has 1 N–H and O–H groups in total. The van der Waals surface area contributed by atoms with Gasteiger partial charge in [-0.3, -0.25) is 9.80 Å². The third-order valence-corrected chi connectivity index (χ3v) is 6.21. The predicted octanol–water partition coefficient (Wildman–Crippen LogP) is 3.67. The SMILES string of the molecule is CC[C@H]1N2CCCC[C@@H]2[C@H]2c3[nH]c4ccccc4c3CCN12. The van der Waals surface area contributed by atoms with Gasteiger partial charge in [-0.15, -0.1) is 0 Å². The Bertz CT molecular complexity index is 704. The van der Waals surface area contributed by atoms with E-state index in [9.17, 15) is 0 Å². The van der Waals surface area contributed by atoms with Crippen LogP contribution in [0.15, 0.2) is 24.3 Å². The number of benzene rings is 1. The lowest BCUT2D eigenvalue weighted by atomic mass is 9.90. The van der Waals surface area contributed by atoms with Gasteiger partial charge in [0.25, 0.3) is 0 Å². The average molecular weight is 295 g/mol. The minimum Gasteiger partial charge on any atom is -0.357 e. The van der Waals surface area contributed by atoms with Crippen LogP contribution in [-0.2, 0) is 6.42 Å². The summed E-state index contributed by atoms with van der Waals surface area (Å²) in [5.74, 6) is 0. The molecule has 0 amide bonds. The summed E-state index contributed by atoms with van der Waals surface area (Å²) in [4.78, 5) is 9.41. The van der Waals surface area contributed by atoms with Crippen LogP contribution in [0.25, 0.3) is 10.9 Å². The number of hydrogen-bond donors (Lipinski definition) is 1. The number of aromatic amines is 1. The van der Waals surface area contributed by atoms with Crippen molar-refractivity contribution in [1.82, 2.24) is 14.8 Å². The first-order chi connectivity index (χ1) is 10.9. The van der Waals surface area contributed by atoms with Gasteiger partial charge in [-0.25, -0.2) is 0 Å². The fourth-order valence-corrected chi connectivity index (χ4v) is 5.38. The molecule has 2 saturated heterocycles. The molecule has 3 aliphatic heterocycles. The molecule has 0 spiro atoms. The van der Waals surface area contributed by atoms with E-state index in [1.807, 2.05) is 0 Å². The van der Waals surface area contributed by atoms with Crippen molar-refractivity contribution in [3.8, 4) is 0 Å². The minimum absolute atomic E-state index is 0.599. The second-order valence-corrected chi connectivity index (χ2v) is 7.19. The van der Waals surface area contributed by atoms with Crippen LogP contribution in [0.1, 0.15) is 49.9 Å². The summed E-state index contributed by atoms with van der Waals surface area (Å²) in [5, 5.41) is 1.46. The fraction of sp³-hybridized carbons (Fsp3) is 0.579. The quantitative estimate of drug-likeness (QED) is 0.867. The van der Waals surface area contributed by atoms with E-state index in [1.54, 1.807) is 5.56 Å². The van der Waals surface area contributed by atoms with Gasteiger partial charge in [0.2, 0.25) is 0 Å². The van der Waals surface area contributed by atoms with Crippen molar-refractivity contribution < 1.29 is 0 Å². The van der Waals surface area contributed by atoms with E-state index < -0.39 is 0 Å². The lowest BCUT2D eigenvalue weighted by molar-refractivity contribution is 0.0943. The van der Waals surface area contributed by atoms with Gasteiger partial charge in [-0.05, 0) is 37.3 Å². The lowest BCUT2D eigenvalue weighted by Gasteiger charge is -2.34. The first-order valence-corrected chi connectivity index (χ1v) is 8.99. The maximum absolute atomic E-state index is 3.80. The summed E-state index contributed by atoms with van der Waals surface area (Å²) in [6.45, 7) is 4.89. The van der Waals surface area contributed by atoms with Crippen LogP contribution in [0.3, 0.4) is 0 Å². The second kappa shape index (κ2) is 4.84. The Kier molecular flexibility index (Phi) is 2.89. The zero-order chi connectivity index (χ0) is 14.7. The molecule has 1 aromatic heterocycles. The molecular formula is C19H25N3. The topological polar surface area (TPSA) is 22.3 Å². The van der Waals surface area contributed by atoms with E-state index in [0.29, 0.717) is 12.2 Å². The maximum atomic E-state index is 3.80. The highest BCUT2D eigenvalue weighted by atomic mass is 15.5. The number of nitrogens with zero attached hydrogens (tertiary/aromatic N) is 2. The van der Waals surface area contributed by atoms with Crippen molar-refractivity contribution in [3.05, 3.63) is 35.5 Å². The normalized spacial score (nSPS) is 32.0. The van der Waals surface area contributed by atoms with E-state index in [2.05, 4.69) is 46.0 Å². The molecule has 3 atom stereocenters. The third kappa shape index (κ3) is 1.64. The number of para-hydroxylation sites is 1. The van der Waals surface area contributed by atoms with Gasteiger partial charge < -0.3 is 4.98 Å². The second-order valence-electron chi connectivity index (χ2n) is 7.19. The average Bonchev–Trinajstić information content (AvgIpc) is 3.09. The van der Waals surface area contributed by atoms with Crippen molar-refractivity contribution in [3.63, 3.8) is 0 Å². The van der Waals surface area contributed by atoms with Gasteiger partial charge in [-0.1, -0.05) is 31.5 Å². The van der Waals surface area contributed by atoms with Gasteiger partial charge in [0.05, 0.1) is 12.2 Å². The van der Waals surface area contributed by atoms with E-state index in [0.717, 1.165) is 6.04 Å². The summed E-state index contributed by atoms with van der Waals surface area (Å²) in [6, 6.07) is 10.2. The van der Waals surface area contributed by atoms with Gasteiger partial charge in [0.1, 0.15) is 0 Å². The first kappa shape index (κ1) is 13.1. The molecule has 0 saturated carbocycles. The molecule has 1 aromatic carbocycles.